The molecule has 1 aromatic heterocycles. The number of benzene rings is 2. The van der Waals surface area contributed by atoms with Crippen LogP contribution in [0.25, 0.3) is 0 Å². The van der Waals surface area contributed by atoms with Gasteiger partial charge < -0.3 is 14.6 Å². The molecule has 0 aliphatic rings. The quantitative estimate of drug-likeness (QED) is 0.678. The van der Waals surface area contributed by atoms with E-state index in [9.17, 15) is 0 Å². The molecule has 1 heterocycles. The Bertz CT molecular complexity index is 868. The van der Waals surface area contributed by atoms with Gasteiger partial charge in [-0.05, 0) is 42.3 Å². The van der Waals surface area contributed by atoms with Crippen molar-refractivity contribution in [2.45, 2.75) is 32.7 Å². The summed E-state index contributed by atoms with van der Waals surface area (Å²) in [5.74, 6) is 0.828. The second-order valence-electron chi connectivity index (χ2n) is 6.29. The van der Waals surface area contributed by atoms with E-state index >= 15 is 0 Å². The lowest BCUT2D eigenvalue weighted by Gasteiger charge is -2.15. The summed E-state index contributed by atoms with van der Waals surface area (Å²) in [6.45, 7) is 4.26. The summed E-state index contributed by atoms with van der Waals surface area (Å²) in [6.07, 6.45) is 5.59. The molecule has 132 valence electrons. The monoisotopic (exact) mass is 346 g/mol. The number of ether oxygens (including phenoxy) is 1. The zero-order valence-corrected chi connectivity index (χ0v) is 14.8. The maximum atomic E-state index is 8.97. The van der Waals surface area contributed by atoms with Gasteiger partial charge in [-0.15, -0.1) is 0 Å². The Balaban J connectivity index is 1.52. The van der Waals surface area contributed by atoms with Gasteiger partial charge in [0.1, 0.15) is 12.4 Å². The average molecular weight is 346 g/mol. The van der Waals surface area contributed by atoms with Gasteiger partial charge in [-0.2, -0.15) is 5.26 Å². The van der Waals surface area contributed by atoms with Gasteiger partial charge >= 0.3 is 0 Å². The van der Waals surface area contributed by atoms with E-state index in [0.29, 0.717) is 18.2 Å². The Morgan fingerprint density at radius 1 is 1.19 bits per heavy atom. The van der Waals surface area contributed by atoms with Crippen LogP contribution >= 0.6 is 0 Å². The molecule has 2 aromatic carbocycles. The third kappa shape index (κ3) is 5.20. The molecule has 5 nitrogen and oxygen atoms in total. The highest BCUT2D eigenvalue weighted by Gasteiger charge is 2.04. The molecule has 1 atom stereocenters. The number of nitrogens with one attached hydrogen (secondary N) is 1. The number of hydrogen-bond donors (Lipinski definition) is 1. The smallest absolute Gasteiger partial charge is 0.120 e. The molecule has 0 radical (unpaired) electrons. The van der Waals surface area contributed by atoms with E-state index in [4.69, 9.17) is 10.00 Å². The minimum absolute atomic E-state index is 0.336. The molecule has 0 fully saturated rings. The second-order valence-corrected chi connectivity index (χ2v) is 6.29. The fraction of sp³-hybridized carbons (Fsp3) is 0.238. The van der Waals surface area contributed by atoms with E-state index in [1.807, 2.05) is 48.9 Å². The third-order valence-electron chi connectivity index (χ3n) is 4.06. The predicted molar refractivity (Wildman–Crippen MR) is 100 cm³/mol. The number of hydrogen-bond acceptors (Lipinski definition) is 4. The molecule has 0 unspecified atom stereocenters. The number of nitrogens with zero attached hydrogens (tertiary/aromatic N) is 3. The third-order valence-corrected chi connectivity index (χ3v) is 4.06. The normalized spacial score (nSPS) is 11.7. The zero-order valence-electron chi connectivity index (χ0n) is 14.8. The van der Waals surface area contributed by atoms with Crippen molar-refractivity contribution >= 4 is 0 Å². The maximum Gasteiger partial charge on any atom is 0.120 e. The Kier molecular flexibility index (Phi) is 6.02. The first-order valence-corrected chi connectivity index (χ1v) is 8.63. The van der Waals surface area contributed by atoms with E-state index < -0.39 is 0 Å². The Morgan fingerprint density at radius 3 is 2.85 bits per heavy atom. The van der Waals surface area contributed by atoms with Gasteiger partial charge in [-0.1, -0.05) is 24.3 Å². The van der Waals surface area contributed by atoms with Crippen molar-refractivity contribution in [3.8, 4) is 11.8 Å². The number of rotatable bonds is 8. The van der Waals surface area contributed by atoms with Crippen LogP contribution in [0.2, 0.25) is 0 Å². The summed E-state index contributed by atoms with van der Waals surface area (Å²) in [4.78, 5) is 4.06. The largest absolute Gasteiger partial charge is 0.489 e. The van der Waals surface area contributed by atoms with Crippen LogP contribution < -0.4 is 10.1 Å². The van der Waals surface area contributed by atoms with E-state index in [1.54, 1.807) is 12.3 Å². The van der Waals surface area contributed by atoms with Gasteiger partial charge in [-0.25, -0.2) is 4.98 Å². The molecule has 26 heavy (non-hydrogen) atoms. The van der Waals surface area contributed by atoms with Crippen LogP contribution in [0.5, 0.6) is 5.75 Å². The Hall–Kier alpha value is -3.10. The molecule has 3 rings (SSSR count). The lowest BCUT2D eigenvalue weighted by atomic mass is 10.1. The lowest BCUT2D eigenvalue weighted by Crippen LogP contribution is -2.29. The van der Waals surface area contributed by atoms with Gasteiger partial charge in [-0.3, -0.25) is 0 Å². The van der Waals surface area contributed by atoms with E-state index in [1.165, 1.54) is 5.56 Å². The van der Waals surface area contributed by atoms with Crippen molar-refractivity contribution in [3.05, 3.63) is 83.9 Å². The Labute approximate surface area is 153 Å². The maximum absolute atomic E-state index is 8.97. The molecule has 0 amide bonds. The molecule has 0 bridgehead atoms. The molecular formula is C21H22N4O. The van der Waals surface area contributed by atoms with Crippen LogP contribution in [0.4, 0.5) is 0 Å². The summed E-state index contributed by atoms with van der Waals surface area (Å²) in [6, 6.07) is 18.0. The number of nitriles is 1. The number of imidazole rings is 1. The SMILES string of the molecule is C[C@@H](Cn1ccnc1)NCc1cccc(OCc2cccc(C#N)c2)c1. The van der Waals surface area contributed by atoms with Crippen LogP contribution in [-0.4, -0.2) is 15.6 Å². The van der Waals surface area contributed by atoms with Gasteiger partial charge in [0, 0.05) is 31.5 Å². The van der Waals surface area contributed by atoms with Gasteiger partial charge in [0.15, 0.2) is 0 Å². The molecule has 0 saturated carbocycles. The van der Waals surface area contributed by atoms with Crippen molar-refractivity contribution in [3.63, 3.8) is 0 Å². The minimum Gasteiger partial charge on any atom is -0.489 e. The van der Waals surface area contributed by atoms with Crippen molar-refractivity contribution in [2.24, 2.45) is 0 Å². The molecule has 0 saturated heterocycles. The fourth-order valence-corrected chi connectivity index (χ4v) is 2.71. The highest BCUT2D eigenvalue weighted by atomic mass is 16.5. The molecule has 0 aliphatic carbocycles. The van der Waals surface area contributed by atoms with Crippen LogP contribution in [0, 0.1) is 11.3 Å². The van der Waals surface area contributed by atoms with Crippen LogP contribution in [0.15, 0.2) is 67.3 Å². The second kappa shape index (κ2) is 8.84. The van der Waals surface area contributed by atoms with Crippen molar-refractivity contribution < 1.29 is 4.74 Å². The first kappa shape index (κ1) is 17.7. The van der Waals surface area contributed by atoms with Crippen LogP contribution in [-0.2, 0) is 19.7 Å². The van der Waals surface area contributed by atoms with Crippen molar-refractivity contribution in [2.75, 3.05) is 0 Å². The average Bonchev–Trinajstić information content (AvgIpc) is 3.18. The molecule has 3 aromatic rings. The molecule has 5 heteroatoms. The minimum atomic E-state index is 0.336. The molecule has 0 aliphatic heterocycles. The fourth-order valence-electron chi connectivity index (χ4n) is 2.71. The highest BCUT2D eigenvalue weighted by Crippen LogP contribution is 2.16. The summed E-state index contributed by atoms with van der Waals surface area (Å²) < 4.78 is 7.94. The lowest BCUT2D eigenvalue weighted by molar-refractivity contribution is 0.305. The van der Waals surface area contributed by atoms with Gasteiger partial charge in [0.05, 0.1) is 18.0 Å². The van der Waals surface area contributed by atoms with Crippen LogP contribution in [0.1, 0.15) is 23.6 Å². The van der Waals surface area contributed by atoms with Gasteiger partial charge in [0.25, 0.3) is 0 Å². The number of aromatic nitrogens is 2. The van der Waals surface area contributed by atoms with Crippen LogP contribution in [0.3, 0.4) is 0 Å². The molecular weight excluding hydrogens is 324 g/mol. The van der Waals surface area contributed by atoms with Gasteiger partial charge in [0.2, 0.25) is 0 Å². The van der Waals surface area contributed by atoms with E-state index in [2.05, 4.69) is 33.9 Å². The Morgan fingerprint density at radius 2 is 2.04 bits per heavy atom. The summed E-state index contributed by atoms with van der Waals surface area (Å²) >= 11 is 0. The topological polar surface area (TPSA) is 62.9 Å². The summed E-state index contributed by atoms with van der Waals surface area (Å²) in [7, 11) is 0. The first-order chi connectivity index (χ1) is 12.7. The van der Waals surface area contributed by atoms with E-state index in [-0.39, 0.29) is 0 Å². The zero-order chi connectivity index (χ0) is 18.2. The van der Waals surface area contributed by atoms with Crippen molar-refractivity contribution in [1.29, 1.82) is 5.26 Å². The standard InChI is InChI=1S/C21H22N4O/c1-17(14-25-9-8-23-16-25)24-13-19-5-3-7-21(11-19)26-15-20-6-2-4-18(10-20)12-22/h2-11,16-17,24H,13-15H2,1H3/t17-/m0/s1. The summed E-state index contributed by atoms with van der Waals surface area (Å²) in [5, 5.41) is 12.5. The molecule has 1 N–H and O–H groups in total. The highest BCUT2D eigenvalue weighted by molar-refractivity contribution is 5.33. The predicted octanol–water partition coefficient (Wildman–Crippen LogP) is 3.51. The van der Waals surface area contributed by atoms with E-state index in [0.717, 1.165) is 24.4 Å². The first-order valence-electron chi connectivity index (χ1n) is 8.63. The molecule has 0 spiro atoms. The summed E-state index contributed by atoms with van der Waals surface area (Å²) in [5.41, 5.74) is 2.81. The van der Waals surface area contributed by atoms with Crippen molar-refractivity contribution in [1.82, 2.24) is 14.9 Å².